The predicted molar refractivity (Wildman–Crippen MR) is 102 cm³/mol. The Morgan fingerprint density at radius 2 is 1.11 bits per heavy atom. The zero-order valence-electron chi connectivity index (χ0n) is 14.8. The number of halogens is 2. The van der Waals surface area contributed by atoms with Gasteiger partial charge < -0.3 is 29.2 Å². The molecule has 2 aromatic carbocycles. The van der Waals surface area contributed by atoms with Crippen molar-refractivity contribution in [2.24, 2.45) is 0 Å². The van der Waals surface area contributed by atoms with Crippen molar-refractivity contribution in [2.75, 3.05) is 13.2 Å². The summed E-state index contributed by atoms with van der Waals surface area (Å²) < 4.78 is 23.9. The first-order valence-corrected chi connectivity index (χ1v) is 9.69. The van der Waals surface area contributed by atoms with Crippen LogP contribution in [0.3, 0.4) is 0 Å². The fourth-order valence-corrected chi connectivity index (χ4v) is 3.89. The fourth-order valence-electron chi connectivity index (χ4n) is 3.49. The number of hydrogen-bond acceptors (Lipinski definition) is 6. The van der Waals surface area contributed by atoms with Crippen molar-refractivity contribution < 1.29 is 29.2 Å². The summed E-state index contributed by atoms with van der Waals surface area (Å²) in [6.07, 6.45) is -4.11. The maximum atomic E-state index is 9.90. The van der Waals surface area contributed by atoms with E-state index in [-0.39, 0.29) is 13.2 Å². The van der Waals surface area contributed by atoms with Gasteiger partial charge in [-0.2, -0.15) is 0 Å². The molecule has 0 radical (unpaired) electrons. The van der Waals surface area contributed by atoms with E-state index >= 15 is 0 Å². The van der Waals surface area contributed by atoms with E-state index in [0.29, 0.717) is 21.2 Å². The van der Waals surface area contributed by atoms with Gasteiger partial charge in [0.1, 0.15) is 24.4 Å². The van der Waals surface area contributed by atoms with Crippen LogP contribution in [0.2, 0.25) is 10.0 Å². The van der Waals surface area contributed by atoms with Gasteiger partial charge in [-0.25, -0.2) is 0 Å². The molecule has 0 spiro atoms. The Morgan fingerprint density at radius 3 is 1.46 bits per heavy atom. The van der Waals surface area contributed by atoms with E-state index in [1.54, 1.807) is 36.4 Å². The lowest BCUT2D eigenvalue weighted by molar-refractivity contribution is -0.387. The highest BCUT2D eigenvalue weighted by molar-refractivity contribution is 6.30. The molecule has 0 aromatic heterocycles. The van der Waals surface area contributed by atoms with Crippen molar-refractivity contribution in [3.63, 3.8) is 0 Å². The lowest BCUT2D eigenvalue weighted by Crippen LogP contribution is -2.59. The third kappa shape index (κ3) is 4.06. The summed E-state index contributed by atoms with van der Waals surface area (Å²) in [5.74, 6) is 0. The number of aliphatic hydroxyl groups is 2. The molecule has 6 nitrogen and oxygen atoms in total. The van der Waals surface area contributed by atoms with Crippen LogP contribution < -0.4 is 0 Å². The molecule has 2 saturated heterocycles. The van der Waals surface area contributed by atoms with Crippen molar-refractivity contribution in [3.8, 4) is 0 Å². The fraction of sp³-hybridized carbons (Fsp3) is 0.400. The van der Waals surface area contributed by atoms with E-state index in [0.717, 1.165) is 0 Å². The average Bonchev–Trinajstić information content (AvgIpc) is 2.72. The summed E-state index contributed by atoms with van der Waals surface area (Å²) in [5, 5.41) is 20.9. The molecule has 0 amide bonds. The third-order valence-electron chi connectivity index (χ3n) is 4.82. The van der Waals surface area contributed by atoms with Crippen LogP contribution in [0.4, 0.5) is 0 Å². The first-order valence-electron chi connectivity index (χ1n) is 8.93. The summed E-state index contributed by atoms with van der Waals surface area (Å²) in [7, 11) is 0. The average molecular weight is 427 g/mol. The summed E-state index contributed by atoms with van der Waals surface area (Å²) in [6, 6.07) is 14.2. The molecule has 2 aliphatic rings. The van der Waals surface area contributed by atoms with Gasteiger partial charge in [0.2, 0.25) is 0 Å². The number of fused-ring (bicyclic) bond motifs is 1. The number of rotatable bonds is 4. The van der Waals surface area contributed by atoms with Gasteiger partial charge in [-0.15, -0.1) is 0 Å². The van der Waals surface area contributed by atoms with E-state index in [1.165, 1.54) is 0 Å². The Labute approximate surface area is 172 Å². The van der Waals surface area contributed by atoms with Crippen molar-refractivity contribution in [2.45, 2.75) is 37.0 Å². The Balaban J connectivity index is 1.60. The molecule has 2 N–H and O–H groups in total. The Kier molecular flexibility index (Phi) is 6.20. The highest BCUT2D eigenvalue weighted by atomic mass is 35.5. The molecule has 6 atom stereocenters. The lowest BCUT2D eigenvalue weighted by Gasteiger charge is -2.48. The number of ether oxygens (including phenoxy) is 4. The second kappa shape index (κ2) is 8.65. The zero-order chi connectivity index (χ0) is 19.7. The first kappa shape index (κ1) is 20.1. The second-order valence-corrected chi connectivity index (χ2v) is 7.56. The van der Waals surface area contributed by atoms with Crippen molar-refractivity contribution in [1.29, 1.82) is 0 Å². The highest BCUT2D eigenvalue weighted by Crippen LogP contribution is 2.40. The molecule has 8 heteroatoms. The van der Waals surface area contributed by atoms with E-state index in [4.69, 9.17) is 42.1 Å². The second-order valence-electron chi connectivity index (χ2n) is 6.69. The van der Waals surface area contributed by atoms with Crippen molar-refractivity contribution in [3.05, 3.63) is 69.7 Å². The predicted octanol–water partition coefficient (Wildman–Crippen LogP) is 3.24. The minimum Gasteiger partial charge on any atom is -0.394 e. The molecular formula is C20H20Cl2O6. The molecule has 150 valence electrons. The third-order valence-corrected chi connectivity index (χ3v) is 5.29. The van der Waals surface area contributed by atoms with Crippen molar-refractivity contribution in [1.82, 2.24) is 0 Å². The van der Waals surface area contributed by atoms with Gasteiger partial charge >= 0.3 is 0 Å². The topological polar surface area (TPSA) is 77.4 Å². The largest absolute Gasteiger partial charge is 0.394 e. The van der Waals surface area contributed by atoms with Crippen LogP contribution in [0.1, 0.15) is 23.7 Å². The molecule has 2 heterocycles. The Morgan fingerprint density at radius 1 is 0.679 bits per heavy atom. The van der Waals surface area contributed by atoms with E-state index in [9.17, 15) is 10.2 Å². The molecule has 28 heavy (non-hydrogen) atoms. The van der Waals surface area contributed by atoms with Crippen LogP contribution in [0, 0.1) is 0 Å². The molecule has 0 bridgehead atoms. The molecule has 2 aliphatic heterocycles. The highest BCUT2D eigenvalue weighted by Gasteiger charge is 2.49. The quantitative estimate of drug-likeness (QED) is 0.781. The van der Waals surface area contributed by atoms with Crippen LogP contribution in [-0.4, -0.2) is 47.8 Å². The molecule has 2 unspecified atom stereocenters. The lowest BCUT2D eigenvalue weighted by atomic mass is 9.99. The van der Waals surface area contributed by atoms with Gasteiger partial charge in [0, 0.05) is 21.2 Å². The molecule has 0 saturated carbocycles. The minimum absolute atomic E-state index is 0.276. The van der Waals surface area contributed by atoms with Crippen LogP contribution in [0.5, 0.6) is 0 Å². The Bertz CT molecular complexity index is 751. The molecule has 0 aliphatic carbocycles. The van der Waals surface area contributed by atoms with Crippen LogP contribution in [-0.2, 0) is 18.9 Å². The van der Waals surface area contributed by atoms with Crippen LogP contribution in [0.25, 0.3) is 0 Å². The summed E-state index contributed by atoms with van der Waals surface area (Å²) in [5.41, 5.74) is 1.41. The van der Waals surface area contributed by atoms with Gasteiger partial charge in [0.15, 0.2) is 12.6 Å². The number of hydrogen-bond donors (Lipinski definition) is 2. The molecule has 4 rings (SSSR count). The summed E-state index contributed by atoms with van der Waals surface area (Å²) in [6.45, 7) is -0.552. The molecule has 2 aromatic rings. The van der Waals surface area contributed by atoms with Gasteiger partial charge in [0.25, 0.3) is 0 Å². The maximum Gasteiger partial charge on any atom is 0.185 e. The van der Waals surface area contributed by atoms with E-state index < -0.39 is 37.0 Å². The maximum absolute atomic E-state index is 9.90. The zero-order valence-corrected chi connectivity index (χ0v) is 16.3. The number of benzene rings is 2. The summed E-state index contributed by atoms with van der Waals surface area (Å²) in [4.78, 5) is 0. The van der Waals surface area contributed by atoms with Gasteiger partial charge in [-0.05, 0) is 24.3 Å². The van der Waals surface area contributed by atoms with Crippen molar-refractivity contribution >= 4 is 23.2 Å². The van der Waals surface area contributed by atoms with Gasteiger partial charge in [0.05, 0.1) is 13.2 Å². The standard InChI is InChI=1S/C20H20Cl2O6/c21-13-5-1-3-11(7-13)19-25-15(9-23)18-17(27-19)16(10-24)26-20(28-18)12-4-2-6-14(22)8-12/h1-8,15-20,23-24H,9-10H2/t15-,16+,17-,18-,19?,20?/m0/s1. The van der Waals surface area contributed by atoms with Gasteiger partial charge in [-0.1, -0.05) is 47.5 Å². The molecule has 2 fully saturated rings. The molecular weight excluding hydrogens is 407 g/mol. The SMILES string of the molecule is OC[C@@H]1OC(c2cccc(Cl)c2)O[C@@H]2[C@H]1OC(c1cccc(Cl)c1)O[C@@H]2CO. The van der Waals surface area contributed by atoms with Crippen LogP contribution in [0.15, 0.2) is 48.5 Å². The Hall–Kier alpha value is -1.22. The van der Waals surface area contributed by atoms with E-state index in [1.807, 2.05) is 12.1 Å². The smallest absolute Gasteiger partial charge is 0.185 e. The van der Waals surface area contributed by atoms with Gasteiger partial charge in [-0.3, -0.25) is 0 Å². The minimum atomic E-state index is -0.763. The first-order chi connectivity index (χ1) is 13.6. The summed E-state index contributed by atoms with van der Waals surface area (Å²) >= 11 is 12.1. The monoisotopic (exact) mass is 426 g/mol. The van der Waals surface area contributed by atoms with E-state index in [2.05, 4.69) is 0 Å². The number of aliphatic hydroxyl groups excluding tert-OH is 2. The van der Waals surface area contributed by atoms with Crippen LogP contribution >= 0.6 is 23.2 Å². The normalized spacial score (nSPS) is 32.7.